The molecule has 0 aliphatic rings. The van der Waals surface area contributed by atoms with Gasteiger partial charge in [0.1, 0.15) is 21.6 Å². The molecular weight excluding hydrogens is 492 g/mol. The molecule has 3 aromatic carbocycles. The summed E-state index contributed by atoms with van der Waals surface area (Å²) in [7, 11) is -8.69. The average molecular weight is 510 g/mol. The first-order chi connectivity index (χ1) is 15.5. The molecule has 1 unspecified atom stereocenters. The molecule has 1 atom stereocenters. The first-order valence-electron chi connectivity index (χ1n) is 8.99. The Bertz CT molecular complexity index is 1420. The zero-order chi connectivity index (χ0) is 24.2. The Balaban J connectivity index is 1.76. The Kier molecular flexibility index (Phi) is 7.07. The lowest BCUT2D eigenvalue weighted by Crippen LogP contribution is -2.14. The number of aromatic hydroxyl groups is 1. The highest BCUT2D eigenvalue weighted by Crippen LogP contribution is 2.29. The lowest BCUT2D eigenvalue weighted by molar-refractivity contribution is 0.462. The first-order valence-corrected chi connectivity index (χ1v) is 13.0. The van der Waals surface area contributed by atoms with Crippen molar-refractivity contribution < 1.29 is 34.9 Å². The molecule has 0 aliphatic heterocycles. The van der Waals surface area contributed by atoms with E-state index in [9.17, 15) is 30.7 Å². The summed E-state index contributed by atoms with van der Waals surface area (Å²) in [5.41, 5.74) is 0.661. The van der Waals surface area contributed by atoms with Crippen LogP contribution in [0.5, 0.6) is 11.5 Å². The van der Waals surface area contributed by atoms with Crippen molar-refractivity contribution in [2.45, 2.75) is 9.79 Å². The van der Waals surface area contributed by atoms with E-state index in [1.807, 2.05) is 0 Å². The number of phenols is 1. The summed E-state index contributed by atoms with van der Waals surface area (Å²) in [6.45, 7) is 3.60. The summed E-state index contributed by atoms with van der Waals surface area (Å²) in [6.07, 6.45) is 1.57. The number of rotatable bonds is 9. The quantitative estimate of drug-likeness (QED) is 0.225. The molecule has 0 spiro atoms. The SMILES string of the molecule is C=Cc1ccc(S(=O)(=O)Nc2ccc(O)c(NS(=O)Oc3cccc(S(=O)(=O)[O-])c3)c2)cc1. The van der Waals surface area contributed by atoms with Crippen LogP contribution in [0.1, 0.15) is 5.56 Å². The Hall–Kier alpha value is -3.39. The van der Waals surface area contributed by atoms with Crippen LogP contribution in [0.25, 0.3) is 6.08 Å². The zero-order valence-electron chi connectivity index (χ0n) is 16.7. The second kappa shape index (κ2) is 9.62. The van der Waals surface area contributed by atoms with Crippen LogP contribution >= 0.6 is 0 Å². The number of hydrogen-bond acceptors (Lipinski definition) is 8. The molecule has 0 aliphatic carbocycles. The molecule has 174 valence electrons. The maximum Gasteiger partial charge on any atom is 0.316 e. The standard InChI is InChI=1S/C20H18N2O8S3/c1-2-14-6-9-17(10-7-14)32(25,26)22-15-8-11-20(23)19(12-15)21-31(24)30-16-4-3-5-18(13-16)33(27,28)29/h2-13,21-23H,1H2,(H,27,28,29)/p-1. The molecule has 0 aromatic heterocycles. The van der Waals surface area contributed by atoms with Gasteiger partial charge in [-0.15, -0.1) is 0 Å². The van der Waals surface area contributed by atoms with E-state index in [-0.39, 0.29) is 27.8 Å². The van der Waals surface area contributed by atoms with Crippen molar-refractivity contribution in [3.05, 3.63) is 78.9 Å². The van der Waals surface area contributed by atoms with Gasteiger partial charge in [-0.2, -0.15) is 4.21 Å². The van der Waals surface area contributed by atoms with E-state index in [1.165, 1.54) is 42.5 Å². The predicted molar refractivity (Wildman–Crippen MR) is 122 cm³/mol. The van der Waals surface area contributed by atoms with Gasteiger partial charge >= 0.3 is 11.3 Å². The van der Waals surface area contributed by atoms with E-state index >= 15 is 0 Å². The maximum absolute atomic E-state index is 12.6. The van der Waals surface area contributed by atoms with Crippen molar-refractivity contribution >= 4 is 48.9 Å². The Morgan fingerprint density at radius 3 is 2.30 bits per heavy atom. The van der Waals surface area contributed by atoms with Crippen molar-refractivity contribution in [3.8, 4) is 11.5 Å². The maximum atomic E-state index is 12.6. The number of sulfonamides is 1. The third kappa shape index (κ3) is 6.32. The summed E-state index contributed by atoms with van der Waals surface area (Å²) >= 11 is -2.33. The molecule has 13 heteroatoms. The molecule has 33 heavy (non-hydrogen) atoms. The van der Waals surface area contributed by atoms with Gasteiger partial charge in [-0.3, -0.25) is 9.44 Å². The van der Waals surface area contributed by atoms with Gasteiger partial charge < -0.3 is 13.8 Å². The van der Waals surface area contributed by atoms with Gasteiger partial charge in [0.2, 0.25) is 0 Å². The minimum Gasteiger partial charge on any atom is -0.744 e. The fraction of sp³-hybridized carbons (Fsp3) is 0. The second-order valence-corrected chi connectivity index (χ2v) is 10.4. The zero-order valence-corrected chi connectivity index (χ0v) is 19.1. The molecule has 3 N–H and O–H groups in total. The van der Waals surface area contributed by atoms with Gasteiger partial charge in [-0.1, -0.05) is 30.9 Å². The van der Waals surface area contributed by atoms with Crippen LogP contribution < -0.4 is 13.6 Å². The highest BCUT2D eigenvalue weighted by molar-refractivity contribution is 7.92. The number of phenolic OH excluding ortho intramolecular Hbond substituents is 1. The van der Waals surface area contributed by atoms with Crippen molar-refractivity contribution in [3.63, 3.8) is 0 Å². The average Bonchev–Trinajstić information content (AvgIpc) is 2.75. The fourth-order valence-corrected chi connectivity index (χ4v) is 4.78. The molecule has 0 heterocycles. The number of nitrogens with one attached hydrogen (secondary N) is 2. The van der Waals surface area contributed by atoms with Crippen molar-refractivity contribution in [2.75, 3.05) is 9.44 Å². The summed E-state index contributed by atoms with van der Waals surface area (Å²) in [5.74, 6) is -0.543. The lowest BCUT2D eigenvalue weighted by Gasteiger charge is -2.13. The van der Waals surface area contributed by atoms with Crippen LogP contribution in [-0.2, 0) is 31.4 Å². The Labute approximate surface area is 193 Å². The van der Waals surface area contributed by atoms with Crippen LogP contribution in [0.15, 0.2) is 83.1 Å². The number of hydrogen-bond donors (Lipinski definition) is 3. The third-order valence-electron chi connectivity index (χ3n) is 4.13. The minimum atomic E-state index is -4.74. The van der Waals surface area contributed by atoms with Crippen molar-refractivity contribution in [2.24, 2.45) is 0 Å². The van der Waals surface area contributed by atoms with Crippen LogP contribution in [-0.4, -0.2) is 30.7 Å². The molecule has 0 amide bonds. The van der Waals surface area contributed by atoms with Crippen LogP contribution in [0.3, 0.4) is 0 Å². The molecule has 0 saturated carbocycles. The molecule has 0 radical (unpaired) electrons. The van der Waals surface area contributed by atoms with Crippen molar-refractivity contribution in [1.82, 2.24) is 0 Å². The number of anilines is 2. The van der Waals surface area contributed by atoms with E-state index in [2.05, 4.69) is 16.0 Å². The van der Waals surface area contributed by atoms with Crippen molar-refractivity contribution in [1.29, 1.82) is 0 Å². The van der Waals surface area contributed by atoms with Gasteiger partial charge in [0.05, 0.1) is 21.2 Å². The van der Waals surface area contributed by atoms with E-state index in [0.29, 0.717) is 0 Å². The molecule has 0 bridgehead atoms. The summed E-state index contributed by atoms with van der Waals surface area (Å²) in [5, 5.41) is 10.0. The largest absolute Gasteiger partial charge is 0.744 e. The van der Waals surface area contributed by atoms with Crippen LogP contribution in [0.2, 0.25) is 0 Å². The number of benzene rings is 3. The summed E-state index contributed by atoms with van der Waals surface area (Å²) in [6, 6.07) is 14.1. The molecule has 0 saturated heterocycles. The molecule has 3 rings (SSSR count). The molecule has 0 fully saturated rings. The summed E-state index contributed by atoms with van der Waals surface area (Å²) in [4.78, 5) is -0.576. The highest BCUT2D eigenvalue weighted by Gasteiger charge is 2.16. The fourth-order valence-electron chi connectivity index (χ4n) is 2.56. The van der Waals surface area contributed by atoms with Gasteiger partial charge in [0.25, 0.3) is 10.0 Å². The van der Waals surface area contributed by atoms with E-state index < -0.39 is 36.3 Å². The van der Waals surface area contributed by atoms with Gasteiger partial charge in [-0.25, -0.2) is 16.8 Å². The molecule has 10 nitrogen and oxygen atoms in total. The van der Waals surface area contributed by atoms with E-state index in [4.69, 9.17) is 4.18 Å². The highest BCUT2D eigenvalue weighted by atomic mass is 32.2. The summed E-state index contributed by atoms with van der Waals surface area (Å²) < 4.78 is 80.5. The van der Waals surface area contributed by atoms with Gasteiger partial charge in [-0.05, 0) is 54.1 Å². The third-order valence-corrected chi connectivity index (χ3v) is 7.09. The predicted octanol–water partition coefficient (Wildman–Crippen LogP) is 2.81. The van der Waals surface area contributed by atoms with Gasteiger partial charge in [0, 0.05) is 0 Å². The van der Waals surface area contributed by atoms with Gasteiger partial charge in [0.15, 0.2) is 0 Å². The normalized spacial score (nSPS) is 12.5. The molecule has 3 aromatic rings. The Morgan fingerprint density at radius 2 is 1.67 bits per heavy atom. The Morgan fingerprint density at radius 1 is 0.970 bits per heavy atom. The second-order valence-electron chi connectivity index (χ2n) is 6.46. The smallest absolute Gasteiger partial charge is 0.316 e. The van der Waals surface area contributed by atoms with E-state index in [0.717, 1.165) is 17.7 Å². The minimum absolute atomic E-state index is 0.00389. The lowest BCUT2D eigenvalue weighted by atomic mass is 10.2. The van der Waals surface area contributed by atoms with Crippen LogP contribution in [0.4, 0.5) is 11.4 Å². The first kappa shape index (κ1) is 24.3. The topological polar surface area (TPSA) is 162 Å². The monoisotopic (exact) mass is 509 g/mol. The van der Waals surface area contributed by atoms with Crippen LogP contribution in [0, 0.1) is 0 Å². The molecular formula is C20H17N2O8S3-. The van der Waals surface area contributed by atoms with E-state index in [1.54, 1.807) is 18.2 Å².